The van der Waals surface area contributed by atoms with Crippen LogP contribution in [0.25, 0.3) is 5.65 Å². The second-order valence-corrected chi connectivity index (χ2v) is 5.34. The van der Waals surface area contributed by atoms with Crippen LogP contribution >= 0.6 is 0 Å². The summed E-state index contributed by atoms with van der Waals surface area (Å²) in [6, 6.07) is 4.02. The van der Waals surface area contributed by atoms with Crippen LogP contribution in [-0.4, -0.2) is 27.2 Å². The molecular weight excluding hydrogens is 240 g/mol. The molecule has 1 aliphatic carbocycles. The maximum Gasteiger partial charge on any atom is 0.216 e. The molecule has 1 saturated carbocycles. The molecule has 0 radical (unpaired) electrons. The van der Waals surface area contributed by atoms with Crippen LogP contribution in [0.1, 0.15) is 31.2 Å². The fourth-order valence-electron chi connectivity index (χ4n) is 2.86. The van der Waals surface area contributed by atoms with E-state index in [2.05, 4.69) is 10.1 Å². The first-order valence-electron chi connectivity index (χ1n) is 6.95. The minimum atomic E-state index is 0.202. The molecule has 0 saturated heterocycles. The SMILES string of the molecule is Cc1cc(OC2CCCCC2CN)n2ncnc2c1. The molecule has 5 nitrogen and oxygen atoms in total. The van der Waals surface area contributed by atoms with Crippen molar-refractivity contribution in [2.45, 2.75) is 38.7 Å². The summed E-state index contributed by atoms with van der Waals surface area (Å²) in [5.41, 5.74) is 7.82. The maximum absolute atomic E-state index is 6.19. The van der Waals surface area contributed by atoms with Crippen LogP contribution in [0.5, 0.6) is 5.88 Å². The average molecular weight is 260 g/mol. The first-order chi connectivity index (χ1) is 9.28. The number of pyridine rings is 1. The fourth-order valence-corrected chi connectivity index (χ4v) is 2.86. The third-order valence-corrected chi connectivity index (χ3v) is 3.91. The molecule has 2 heterocycles. The van der Waals surface area contributed by atoms with Crippen LogP contribution < -0.4 is 10.5 Å². The van der Waals surface area contributed by atoms with E-state index in [0.29, 0.717) is 12.5 Å². The molecule has 1 fully saturated rings. The van der Waals surface area contributed by atoms with Crippen molar-refractivity contribution in [3.8, 4) is 5.88 Å². The Morgan fingerprint density at radius 2 is 2.21 bits per heavy atom. The van der Waals surface area contributed by atoms with E-state index in [4.69, 9.17) is 10.5 Å². The molecule has 0 bridgehead atoms. The molecule has 2 aromatic heterocycles. The van der Waals surface area contributed by atoms with Gasteiger partial charge in [0, 0.05) is 12.0 Å². The fraction of sp³-hybridized carbons (Fsp3) is 0.571. The molecule has 102 valence electrons. The monoisotopic (exact) mass is 260 g/mol. The van der Waals surface area contributed by atoms with E-state index in [9.17, 15) is 0 Å². The summed E-state index contributed by atoms with van der Waals surface area (Å²) in [6.07, 6.45) is 6.47. The summed E-state index contributed by atoms with van der Waals surface area (Å²) in [5, 5.41) is 4.23. The van der Waals surface area contributed by atoms with Gasteiger partial charge in [-0.25, -0.2) is 4.98 Å². The van der Waals surface area contributed by atoms with Gasteiger partial charge in [-0.1, -0.05) is 6.42 Å². The standard InChI is InChI=1S/C14H20N4O/c1-10-6-13-16-9-17-18(13)14(7-10)19-12-5-3-2-4-11(12)8-15/h6-7,9,11-12H,2-5,8,15H2,1H3. The quantitative estimate of drug-likeness (QED) is 0.915. The Bertz CT molecular complexity index is 566. The molecule has 3 rings (SSSR count). The Balaban J connectivity index is 1.89. The lowest BCUT2D eigenvalue weighted by molar-refractivity contribution is 0.0898. The zero-order valence-corrected chi connectivity index (χ0v) is 11.2. The van der Waals surface area contributed by atoms with Gasteiger partial charge < -0.3 is 10.5 Å². The van der Waals surface area contributed by atoms with Crippen molar-refractivity contribution < 1.29 is 4.74 Å². The van der Waals surface area contributed by atoms with E-state index in [1.54, 1.807) is 10.8 Å². The lowest BCUT2D eigenvalue weighted by Crippen LogP contribution is -2.35. The van der Waals surface area contributed by atoms with E-state index in [-0.39, 0.29) is 6.10 Å². The van der Waals surface area contributed by atoms with E-state index in [1.807, 2.05) is 19.1 Å². The minimum Gasteiger partial charge on any atom is -0.474 e. The van der Waals surface area contributed by atoms with Gasteiger partial charge in [0.05, 0.1) is 0 Å². The maximum atomic E-state index is 6.19. The number of nitrogens with zero attached hydrogens (tertiary/aromatic N) is 3. The molecule has 19 heavy (non-hydrogen) atoms. The lowest BCUT2D eigenvalue weighted by atomic mass is 9.86. The van der Waals surface area contributed by atoms with E-state index in [1.165, 1.54) is 12.8 Å². The number of fused-ring (bicyclic) bond motifs is 1. The van der Waals surface area contributed by atoms with Gasteiger partial charge in [0.15, 0.2) is 5.65 Å². The Labute approximate surface area is 112 Å². The topological polar surface area (TPSA) is 65.4 Å². The summed E-state index contributed by atoms with van der Waals surface area (Å²) in [5.74, 6) is 1.23. The predicted octanol–water partition coefficient (Wildman–Crippen LogP) is 1.93. The molecule has 2 atom stereocenters. The number of rotatable bonds is 3. The number of ether oxygens (including phenoxy) is 1. The zero-order chi connectivity index (χ0) is 13.2. The second kappa shape index (κ2) is 5.17. The lowest BCUT2D eigenvalue weighted by Gasteiger charge is -2.31. The number of nitrogens with two attached hydrogens (primary N) is 1. The minimum absolute atomic E-state index is 0.202. The van der Waals surface area contributed by atoms with E-state index >= 15 is 0 Å². The summed E-state index contributed by atoms with van der Waals surface area (Å²) in [6.45, 7) is 2.74. The number of aromatic nitrogens is 3. The van der Waals surface area contributed by atoms with Gasteiger partial charge in [0.2, 0.25) is 5.88 Å². The van der Waals surface area contributed by atoms with Gasteiger partial charge in [-0.15, -0.1) is 0 Å². The van der Waals surface area contributed by atoms with Crippen molar-refractivity contribution in [1.29, 1.82) is 0 Å². The van der Waals surface area contributed by atoms with Crippen molar-refractivity contribution in [1.82, 2.24) is 14.6 Å². The van der Waals surface area contributed by atoms with Gasteiger partial charge >= 0.3 is 0 Å². The first kappa shape index (κ1) is 12.4. The number of hydrogen-bond donors (Lipinski definition) is 1. The summed E-state index contributed by atoms with van der Waals surface area (Å²) in [4.78, 5) is 4.22. The van der Waals surface area contributed by atoms with E-state index in [0.717, 1.165) is 29.9 Å². The Morgan fingerprint density at radius 1 is 1.37 bits per heavy atom. The highest BCUT2D eigenvalue weighted by Crippen LogP contribution is 2.28. The molecule has 0 spiro atoms. The molecule has 2 unspecified atom stereocenters. The highest BCUT2D eigenvalue weighted by molar-refractivity contribution is 5.43. The smallest absolute Gasteiger partial charge is 0.216 e. The van der Waals surface area contributed by atoms with Crippen LogP contribution in [-0.2, 0) is 0 Å². The number of aryl methyl sites for hydroxylation is 1. The first-order valence-corrected chi connectivity index (χ1v) is 6.95. The highest BCUT2D eigenvalue weighted by Gasteiger charge is 2.26. The van der Waals surface area contributed by atoms with Crippen LogP contribution in [0.3, 0.4) is 0 Å². The van der Waals surface area contributed by atoms with Gasteiger partial charge in [-0.3, -0.25) is 0 Å². The summed E-state index contributed by atoms with van der Waals surface area (Å²) >= 11 is 0. The summed E-state index contributed by atoms with van der Waals surface area (Å²) < 4.78 is 7.95. The van der Waals surface area contributed by atoms with Crippen molar-refractivity contribution in [3.05, 3.63) is 24.0 Å². The van der Waals surface area contributed by atoms with Crippen molar-refractivity contribution >= 4 is 5.65 Å². The Kier molecular flexibility index (Phi) is 3.38. The van der Waals surface area contributed by atoms with Gasteiger partial charge in [0.1, 0.15) is 12.4 Å². The molecule has 2 aromatic rings. The van der Waals surface area contributed by atoms with Gasteiger partial charge in [-0.05, 0) is 44.4 Å². The van der Waals surface area contributed by atoms with E-state index < -0.39 is 0 Å². The van der Waals surface area contributed by atoms with Gasteiger partial charge in [-0.2, -0.15) is 9.61 Å². The van der Waals surface area contributed by atoms with Crippen LogP contribution in [0.4, 0.5) is 0 Å². The third kappa shape index (κ3) is 2.42. The van der Waals surface area contributed by atoms with Gasteiger partial charge in [0.25, 0.3) is 0 Å². The highest BCUT2D eigenvalue weighted by atomic mass is 16.5. The largest absolute Gasteiger partial charge is 0.474 e. The average Bonchev–Trinajstić information content (AvgIpc) is 2.87. The molecular formula is C14H20N4O. The predicted molar refractivity (Wildman–Crippen MR) is 73.2 cm³/mol. The third-order valence-electron chi connectivity index (χ3n) is 3.91. The van der Waals surface area contributed by atoms with Crippen LogP contribution in [0.2, 0.25) is 0 Å². The zero-order valence-electron chi connectivity index (χ0n) is 11.2. The molecule has 0 amide bonds. The Morgan fingerprint density at radius 3 is 3.05 bits per heavy atom. The van der Waals surface area contributed by atoms with Crippen LogP contribution in [0, 0.1) is 12.8 Å². The Hall–Kier alpha value is -1.62. The van der Waals surface area contributed by atoms with Crippen LogP contribution in [0.15, 0.2) is 18.5 Å². The second-order valence-electron chi connectivity index (χ2n) is 5.34. The van der Waals surface area contributed by atoms with Crippen molar-refractivity contribution in [3.63, 3.8) is 0 Å². The molecule has 2 N–H and O–H groups in total. The molecule has 1 aliphatic rings. The summed E-state index contributed by atoms with van der Waals surface area (Å²) in [7, 11) is 0. The molecule has 5 heteroatoms. The van der Waals surface area contributed by atoms with Crippen molar-refractivity contribution in [2.75, 3.05) is 6.54 Å². The van der Waals surface area contributed by atoms with Crippen molar-refractivity contribution in [2.24, 2.45) is 11.7 Å². The molecule has 0 aliphatic heterocycles. The normalized spacial score (nSPS) is 23.7. The molecule has 0 aromatic carbocycles. The number of hydrogen-bond acceptors (Lipinski definition) is 4.